The predicted octanol–water partition coefficient (Wildman–Crippen LogP) is 3.20. The first-order chi connectivity index (χ1) is 11.8. The molecule has 0 aliphatic carbocycles. The molecule has 0 saturated heterocycles. The van der Waals surface area contributed by atoms with Crippen LogP contribution in [0, 0.1) is 0 Å². The van der Waals surface area contributed by atoms with Gasteiger partial charge in [-0.25, -0.2) is 0 Å². The van der Waals surface area contributed by atoms with Gasteiger partial charge in [0.1, 0.15) is 0 Å². The Morgan fingerprint density at radius 1 is 1.04 bits per heavy atom. The monoisotopic (exact) mass is 360 g/mol. The van der Waals surface area contributed by atoms with Gasteiger partial charge in [-0.1, -0.05) is 6.07 Å². The largest absolute Gasteiger partial charge is 0.493 e. The fraction of sp³-hybridized carbons (Fsp3) is 0.222. The van der Waals surface area contributed by atoms with E-state index in [0.717, 1.165) is 40.4 Å². The molecule has 2 N–H and O–H groups in total. The van der Waals surface area contributed by atoms with E-state index in [1.54, 1.807) is 20.4 Å². The van der Waals surface area contributed by atoms with Crippen molar-refractivity contribution >= 4 is 12.4 Å². The number of nitrogens with zero attached hydrogens (tertiary/aromatic N) is 2. The number of pyridine rings is 1. The number of halogens is 1. The third-order valence-corrected chi connectivity index (χ3v) is 3.76. The minimum absolute atomic E-state index is 0. The molecule has 3 aromatic rings. The number of H-pyrrole nitrogens is 1. The molecule has 1 aromatic carbocycles. The average Bonchev–Trinajstić information content (AvgIpc) is 3.11. The molecule has 0 amide bonds. The summed E-state index contributed by atoms with van der Waals surface area (Å²) in [7, 11) is 3.27. The van der Waals surface area contributed by atoms with Crippen LogP contribution in [0.3, 0.4) is 0 Å². The molecule has 25 heavy (non-hydrogen) atoms. The molecule has 0 spiro atoms. The summed E-state index contributed by atoms with van der Waals surface area (Å²) in [4.78, 5) is 4.15. The SMILES string of the molecule is COc1ccc(CNCc2cn[nH]c2-c2cccnc2)cc1OC.Cl. The minimum atomic E-state index is 0. The molecule has 0 aliphatic heterocycles. The van der Waals surface area contributed by atoms with Crippen LogP contribution in [0.25, 0.3) is 11.3 Å². The minimum Gasteiger partial charge on any atom is -0.493 e. The standard InChI is InChI=1S/C18H20N4O2.ClH/c1-23-16-6-5-13(8-17(16)24-2)9-20-11-15-12-21-22-18(15)14-4-3-7-19-10-14;/h3-8,10,12,20H,9,11H2,1-2H3,(H,21,22);1H. The quantitative estimate of drug-likeness (QED) is 0.677. The number of ether oxygens (including phenoxy) is 2. The third kappa shape index (κ3) is 4.49. The second kappa shape index (κ2) is 9.05. The number of benzene rings is 1. The van der Waals surface area contributed by atoms with Crippen LogP contribution < -0.4 is 14.8 Å². The summed E-state index contributed by atoms with van der Waals surface area (Å²) in [6.07, 6.45) is 5.42. The average molecular weight is 361 g/mol. The molecule has 132 valence electrons. The maximum atomic E-state index is 5.33. The molecule has 0 bridgehead atoms. The molecule has 2 aromatic heterocycles. The van der Waals surface area contributed by atoms with Gasteiger partial charge in [-0.05, 0) is 29.8 Å². The lowest BCUT2D eigenvalue weighted by Crippen LogP contribution is -2.13. The molecule has 0 aliphatic rings. The molecule has 0 fully saturated rings. The van der Waals surface area contributed by atoms with E-state index in [9.17, 15) is 0 Å². The number of rotatable bonds is 7. The van der Waals surface area contributed by atoms with Crippen molar-refractivity contribution in [2.75, 3.05) is 14.2 Å². The zero-order valence-corrected chi connectivity index (χ0v) is 15.0. The second-order valence-corrected chi connectivity index (χ2v) is 5.30. The van der Waals surface area contributed by atoms with Crippen molar-refractivity contribution in [2.45, 2.75) is 13.1 Å². The summed E-state index contributed by atoms with van der Waals surface area (Å²) < 4.78 is 10.6. The van der Waals surface area contributed by atoms with Gasteiger partial charge in [-0.15, -0.1) is 12.4 Å². The summed E-state index contributed by atoms with van der Waals surface area (Å²) in [6, 6.07) is 9.83. The highest BCUT2D eigenvalue weighted by molar-refractivity contribution is 5.85. The zero-order valence-electron chi connectivity index (χ0n) is 14.2. The number of aromatic amines is 1. The van der Waals surface area contributed by atoms with Crippen molar-refractivity contribution < 1.29 is 9.47 Å². The fourth-order valence-corrected chi connectivity index (χ4v) is 2.54. The number of nitrogens with one attached hydrogen (secondary N) is 2. The lowest BCUT2D eigenvalue weighted by Gasteiger charge is -2.10. The maximum absolute atomic E-state index is 5.33. The van der Waals surface area contributed by atoms with Crippen LogP contribution in [-0.4, -0.2) is 29.4 Å². The smallest absolute Gasteiger partial charge is 0.161 e. The van der Waals surface area contributed by atoms with E-state index in [1.807, 2.05) is 42.7 Å². The van der Waals surface area contributed by atoms with Gasteiger partial charge < -0.3 is 14.8 Å². The van der Waals surface area contributed by atoms with Crippen molar-refractivity contribution in [1.82, 2.24) is 20.5 Å². The van der Waals surface area contributed by atoms with Crippen molar-refractivity contribution in [3.05, 3.63) is 60.0 Å². The first-order valence-corrected chi connectivity index (χ1v) is 7.66. The summed E-state index contributed by atoms with van der Waals surface area (Å²) in [5, 5.41) is 10.6. The van der Waals surface area contributed by atoms with Crippen molar-refractivity contribution in [3.63, 3.8) is 0 Å². The van der Waals surface area contributed by atoms with Crippen LogP contribution in [0.1, 0.15) is 11.1 Å². The van der Waals surface area contributed by atoms with E-state index < -0.39 is 0 Å². The van der Waals surface area contributed by atoms with Crippen LogP contribution in [0.2, 0.25) is 0 Å². The molecule has 6 nitrogen and oxygen atoms in total. The van der Waals surface area contributed by atoms with Crippen molar-refractivity contribution in [2.24, 2.45) is 0 Å². The van der Waals surface area contributed by atoms with Crippen LogP contribution in [0.4, 0.5) is 0 Å². The Labute approximate surface area is 153 Å². The van der Waals surface area contributed by atoms with Crippen LogP contribution in [0.15, 0.2) is 48.9 Å². The van der Waals surface area contributed by atoms with Crippen molar-refractivity contribution in [1.29, 1.82) is 0 Å². The van der Waals surface area contributed by atoms with Gasteiger partial charge in [0.15, 0.2) is 11.5 Å². The Balaban J connectivity index is 0.00000225. The zero-order chi connectivity index (χ0) is 16.8. The highest BCUT2D eigenvalue weighted by Crippen LogP contribution is 2.27. The van der Waals surface area contributed by atoms with E-state index in [4.69, 9.17) is 9.47 Å². The third-order valence-electron chi connectivity index (χ3n) is 3.76. The van der Waals surface area contributed by atoms with Crippen LogP contribution in [0.5, 0.6) is 11.5 Å². The Hall–Kier alpha value is -2.57. The first-order valence-electron chi connectivity index (χ1n) is 7.66. The van der Waals surface area contributed by atoms with Crippen LogP contribution in [-0.2, 0) is 13.1 Å². The Morgan fingerprint density at radius 2 is 1.88 bits per heavy atom. The molecule has 0 unspecified atom stereocenters. The molecule has 2 heterocycles. The lowest BCUT2D eigenvalue weighted by atomic mass is 10.1. The molecular formula is C18H21ClN4O2. The Morgan fingerprint density at radius 3 is 2.60 bits per heavy atom. The Bertz CT molecular complexity index is 793. The van der Waals surface area contributed by atoms with E-state index in [2.05, 4.69) is 20.5 Å². The number of methoxy groups -OCH3 is 2. The number of aromatic nitrogens is 3. The normalized spacial score (nSPS) is 10.2. The summed E-state index contributed by atoms with van der Waals surface area (Å²) >= 11 is 0. The van der Waals surface area contributed by atoms with E-state index >= 15 is 0 Å². The van der Waals surface area contributed by atoms with Gasteiger partial charge in [-0.3, -0.25) is 10.1 Å². The summed E-state index contributed by atoms with van der Waals surface area (Å²) in [6.45, 7) is 1.42. The van der Waals surface area contributed by atoms with Gasteiger partial charge in [0.05, 0.1) is 26.1 Å². The van der Waals surface area contributed by atoms with Gasteiger partial charge >= 0.3 is 0 Å². The van der Waals surface area contributed by atoms with Gasteiger partial charge in [-0.2, -0.15) is 5.10 Å². The Kier molecular flexibility index (Phi) is 6.80. The molecule has 0 saturated carbocycles. The van der Waals surface area contributed by atoms with Crippen LogP contribution >= 0.6 is 12.4 Å². The van der Waals surface area contributed by atoms with Gasteiger partial charge in [0.2, 0.25) is 0 Å². The number of hydrogen-bond donors (Lipinski definition) is 2. The lowest BCUT2D eigenvalue weighted by molar-refractivity contribution is 0.354. The summed E-state index contributed by atoms with van der Waals surface area (Å²) in [5.74, 6) is 1.46. The van der Waals surface area contributed by atoms with Crippen molar-refractivity contribution in [3.8, 4) is 22.8 Å². The van der Waals surface area contributed by atoms with E-state index in [-0.39, 0.29) is 12.4 Å². The predicted molar refractivity (Wildman–Crippen MR) is 99.2 cm³/mol. The highest BCUT2D eigenvalue weighted by atomic mass is 35.5. The number of hydrogen-bond acceptors (Lipinski definition) is 5. The molecule has 7 heteroatoms. The van der Waals surface area contributed by atoms with Gasteiger partial charge in [0, 0.05) is 36.6 Å². The molecule has 0 atom stereocenters. The van der Waals surface area contributed by atoms with E-state index in [0.29, 0.717) is 6.54 Å². The van der Waals surface area contributed by atoms with E-state index in [1.165, 1.54) is 0 Å². The second-order valence-electron chi connectivity index (χ2n) is 5.30. The highest BCUT2D eigenvalue weighted by Gasteiger charge is 2.08. The molecular weight excluding hydrogens is 340 g/mol. The first kappa shape index (κ1) is 18.8. The summed E-state index contributed by atoms with van der Waals surface area (Å²) in [5.41, 5.74) is 4.24. The topological polar surface area (TPSA) is 72.1 Å². The van der Waals surface area contributed by atoms with Gasteiger partial charge in [0.25, 0.3) is 0 Å². The molecule has 0 radical (unpaired) electrons. The maximum Gasteiger partial charge on any atom is 0.161 e. The molecule has 3 rings (SSSR count). The fourth-order valence-electron chi connectivity index (χ4n) is 2.54.